The molecule has 1 aliphatic rings. The number of hydrogen-bond acceptors (Lipinski definition) is 3. The Morgan fingerprint density at radius 2 is 1.79 bits per heavy atom. The summed E-state index contributed by atoms with van der Waals surface area (Å²) < 4.78 is 13.2. The zero-order valence-corrected chi connectivity index (χ0v) is 15.5. The van der Waals surface area contributed by atoms with Gasteiger partial charge in [-0.05, 0) is 55.2 Å². The summed E-state index contributed by atoms with van der Waals surface area (Å²) in [5.74, 6) is -2.14. The molecule has 3 N–H and O–H groups in total. The molecule has 6 nitrogen and oxygen atoms in total. The van der Waals surface area contributed by atoms with Crippen molar-refractivity contribution in [3.8, 4) is 0 Å². The van der Waals surface area contributed by atoms with Crippen molar-refractivity contribution in [1.82, 2.24) is 5.32 Å². The first-order chi connectivity index (χ1) is 13.2. The van der Waals surface area contributed by atoms with Crippen LogP contribution in [0.2, 0.25) is 0 Å². The van der Waals surface area contributed by atoms with Gasteiger partial charge in [0.05, 0.1) is 0 Å². The topological polar surface area (TPSA) is 95.5 Å². The van der Waals surface area contributed by atoms with E-state index in [1.54, 1.807) is 12.1 Å². The van der Waals surface area contributed by atoms with E-state index in [0.717, 1.165) is 18.6 Å². The molecular formula is C21H21FN2O4. The van der Waals surface area contributed by atoms with Crippen LogP contribution in [0.15, 0.2) is 48.5 Å². The Hall–Kier alpha value is -3.22. The van der Waals surface area contributed by atoms with Crippen molar-refractivity contribution < 1.29 is 23.9 Å². The number of benzene rings is 2. The molecule has 7 heteroatoms. The van der Waals surface area contributed by atoms with E-state index >= 15 is 0 Å². The van der Waals surface area contributed by atoms with Gasteiger partial charge in [-0.2, -0.15) is 0 Å². The van der Waals surface area contributed by atoms with Gasteiger partial charge in [-0.25, -0.2) is 9.18 Å². The molecule has 1 saturated carbocycles. The van der Waals surface area contributed by atoms with Crippen molar-refractivity contribution in [1.29, 1.82) is 0 Å². The second kappa shape index (κ2) is 7.42. The maximum absolute atomic E-state index is 13.2. The van der Waals surface area contributed by atoms with Gasteiger partial charge in [0.25, 0.3) is 5.91 Å². The molecule has 0 heterocycles. The zero-order valence-electron chi connectivity index (χ0n) is 15.5. The van der Waals surface area contributed by atoms with Crippen LogP contribution in [0, 0.1) is 17.7 Å². The summed E-state index contributed by atoms with van der Waals surface area (Å²) >= 11 is 0. The largest absolute Gasteiger partial charge is 0.479 e. The number of amides is 2. The van der Waals surface area contributed by atoms with E-state index in [1.165, 1.54) is 31.2 Å². The van der Waals surface area contributed by atoms with Crippen LogP contribution in [0.4, 0.5) is 10.1 Å². The smallest absolute Gasteiger partial charge is 0.333 e. The summed E-state index contributed by atoms with van der Waals surface area (Å²) in [7, 11) is 0. The second-order valence-corrected chi connectivity index (χ2v) is 7.28. The first-order valence-electron chi connectivity index (χ1n) is 8.93. The van der Waals surface area contributed by atoms with Crippen LogP contribution in [-0.2, 0) is 15.1 Å². The lowest BCUT2D eigenvalue weighted by molar-refractivity contribution is -0.144. The number of nitrogens with one attached hydrogen (secondary N) is 2. The zero-order chi connectivity index (χ0) is 20.5. The molecule has 0 aliphatic heterocycles. The average Bonchev–Trinajstić information content (AvgIpc) is 3.39. The molecule has 0 bridgehead atoms. The highest BCUT2D eigenvalue weighted by Crippen LogP contribution is 2.38. The number of aliphatic carboxylic acids is 1. The van der Waals surface area contributed by atoms with Crippen molar-refractivity contribution in [2.75, 3.05) is 5.32 Å². The number of carbonyl (C=O) groups is 3. The minimum atomic E-state index is -1.74. The molecule has 2 aromatic rings. The van der Waals surface area contributed by atoms with Gasteiger partial charge in [0.2, 0.25) is 5.91 Å². The molecule has 2 aromatic carbocycles. The Kier molecular flexibility index (Phi) is 5.18. The number of halogens is 1. The van der Waals surface area contributed by atoms with Crippen molar-refractivity contribution in [2.24, 2.45) is 11.8 Å². The number of carboxylic acids is 1. The molecule has 0 saturated heterocycles. The minimum Gasteiger partial charge on any atom is -0.479 e. The highest BCUT2D eigenvalue weighted by molar-refractivity contribution is 6.00. The quantitative estimate of drug-likeness (QED) is 0.713. The monoisotopic (exact) mass is 384 g/mol. The molecule has 0 spiro atoms. The fourth-order valence-corrected chi connectivity index (χ4v) is 2.99. The lowest BCUT2D eigenvalue weighted by Crippen LogP contribution is -2.49. The maximum Gasteiger partial charge on any atom is 0.333 e. The summed E-state index contributed by atoms with van der Waals surface area (Å²) in [5, 5.41) is 14.9. The predicted molar refractivity (Wildman–Crippen MR) is 101 cm³/mol. The third-order valence-corrected chi connectivity index (χ3v) is 5.05. The average molecular weight is 384 g/mol. The summed E-state index contributed by atoms with van der Waals surface area (Å²) in [6, 6.07) is 11.2. The second-order valence-electron chi connectivity index (χ2n) is 7.28. The van der Waals surface area contributed by atoms with E-state index in [0.29, 0.717) is 11.6 Å². The number of rotatable bonds is 6. The van der Waals surface area contributed by atoms with Gasteiger partial charge in [-0.3, -0.25) is 9.59 Å². The number of hydrogen-bond donors (Lipinski definition) is 3. The summed E-state index contributed by atoms with van der Waals surface area (Å²) in [5.41, 5.74) is -0.832. The molecule has 0 radical (unpaired) electrons. The van der Waals surface area contributed by atoms with Crippen LogP contribution < -0.4 is 10.6 Å². The Bertz CT molecular complexity index is 928. The normalized spacial score (nSPS) is 20.0. The van der Waals surface area contributed by atoms with Gasteiger partial charge in [0.1, 0.15) is 5.82 Å². The summed E-state index contributed by atoms with van der Waals surface area (Å²) in [6.07, 6.45) is 0.848. The SMILES string of the molecule is CC1CC1C(=O)Nc1cccc(C(=O)NC(C)(C(=O)O)c2ccc(F)cc2)c1. The number of carboxylic acid groups (broad SMARTS) is 1. The summed E-state index contributed by atoms with van der Waals surface area (Å²) in [6.45, 7) is 3.33. The van der Waals surface area contributed by atoms with E-state index in [1.807, 2.05) is 6.92 Å². The Balaban J connectivity index is 1.78. The van der Waals surface area contributed by atoms with E-state index in [2.05, 4.69) is 10.6 Å². The Morgan fingerprint density at radius 1 is 1.14 bits per heavy atom. The first kappa shape index (κ1) is 19.5. The van der Waals surface area contributed by atoms with Crippen molar-refractivity contribution in [2.45, 2.75) is 25.8 Å². The molecule has 2 amide bonds. The molecule has 3 rings (SSSR count). The van der Waals surface area contributed by atoms with E-state index in [4.69, 9.17) is 0 Å². The highest BCUT2D eigenvalue weighted by Gasteiger charge is 2.39. The molecular weight excluding hydrogens is 363 g/mol. The molecule has 1 fully saturated rings. The first-order valence-corrected chi connectivity index (χ1v) is 8.93. The van der Waals surface area contributed by atoms with Gasteiger partial charge >= 0.3 is 5.97 Å². The third-order valence-electron chi connectivity index (χ3n) is 5.05. The standard InChI is InChI=1S/C21H21FN2O4/c1-12-10-17(12)19(26)23-16-5-3-4-13(11-16)18(25)24-21(2,20(27)28)14-6-8-15(22)9-7-14/h3-9,11-12,17H,10H2,1-2H3,(H,23,26)(H,24,25)(H,27,28). The third kappa shape index (κ3) is 4.03. The molecule has 0 aromatic heterocycles. The van der Waals surface area contributed by atoms with Crippen LogP contribution in [0.5, 0.6) is 0 Å². The Labute approximate surface area is 161 Å². The van der Waals surface area contributed by atoms with Crippen LogP contribution in [0.3, 0.4) is 0 Å². The van der Waals surface area contributed by atoms with Gasteiger partial charge < -0.3 is 15.7 Å². The van der Waals surface area contributed by atoms with E-state index in [-0.39, 0.29) is 23.0 Å². The molecule has 146 valence electrons. The molecule has 28 heavy (non-hydrogen) atoms. The lowest BCUT2D eigenvalue weighted by atomic mass is 9.91. The highest BCUT2D eigenvalue weighted by atomic mass is 19.1. The van der Waals surface area contributed by atoms with Gasteiger partial charge in [-0.15, -0.1) is 0 Å². The predicted octanol–water partition coefficient (Wildman–Crippen LogP) is 3.15. The molecule has 3 unspecified atom stereocenters. The maximum atomic E-state index is 13.2. The van der Waals surface area contributed by atoms with Crippen LogP contribution in [0.25, 0.3) is 0 Å². The fraction of sp³-hybridized carbons (Fsp3) is 0.286. The van der Waals surface area contributed by atoms with Crippen LogP contribution >= 0.6 is 0 Å². The van der Waals surface area contributed by atoms with Gasteiger partial charge in [0, 0.05) is 17.2 Å². The van der Waals surface area contributed by atoms with Crippen molar-refractivity contribution >= 4 is 23.5 Å². The number of anilines is 1. The summed E-state index contributed by atoms with van der Waals surface area (Å²) in [4.78, 5) is 36.6. The van der Waals surface area contributed by atoms with Crippen molar-refractivity contribution in [3.63, 3.8) is 0 Å². The fourth-order valence-electron chi connectivity index (χ4n) is 2.99. The molecule has 3 atom stereocenters. The minimum absolute atomic E-state index is 0.00809. The Morgan fingerprint density at radius 3 is 2.36 bits per heavy atom. The van der Waals surface area contributed by atoms with E-state index in [9.17, 15) is 23.9 Å². The number of carbonyl (C=O) groups excluding carboxylic acids is 2. The van der Waals surface area contributed by atoms with Crippen LogP contribution in [0.1, 0.15) is 36.2 Å². The van der Waals surface area contributed by atoms with Crippen molar-refractivity contribution in [3.05, 3.63) is 65.5 Å². The van der Waals surface area contributed by atoms with Crippen LogP contribution in [-0.4, -0.2) is 22.9 Å². The van der Waals surface area contributed by atoms with Gasteiger partial charge in [0.15, 0.2) is 5.54 Å². The van der Waals surface area contributed by atoms with E-state index < -0.39 is 23.2 Å². The molecule has 1 aliphatic carbocycles. The van der Waals surface area contributed by atoms with Gasteiger partial charge in [-0.1, -0.05) is 25.1 Å². The lowest BCUT2D eigenvalue weighted by Gasteiger charge is -2.27.